The molecule has 2 N–H and O–H groups in total. The van der Waals surface area contributed by atoms with Crippen LogP contribution in [0.4, 0.5) is 0 Å². The molecule has 0 aliphatic rings. The maximum atomic E-state index is 12.0. The lowest BCUT2D eigenvalue weighted by Crippen LogP contribution is -2.25. The number of aromatic hydroxyl groups is 1. The molecule has 0 heterocycles. The van der Waals surface area contributed by atoms with E-state index in [1.807, 2.05) is 24.3 Å². The van der Waals surface area contributed by atoms with Crippen LogP contribution in [0.25, 0.3) is 0 Å². The Balaban J connectivity index is 1.90. The van der Waals surface area contributed by atoms with E-state index in [9.17, 15) is 9.90 Å². The van der Waals surface area contributed by atoms with Gasteiger partial charge in [-0.1, -0.05) is 28.1 Å². The Bertz CT molecular complexity index is 626. The molecule has 0 aliphatic carbocycles. The average Bonchev–Trinajstić information content (AvgIpc) is 2.50. The van der Waals surface area contributed by atoms with E-state index in [0.29, 0.717) is 13.0 Å². The fourth-order valence-electron chi connectivity index (χ4n) is 1.90. The number of hydrogen-bond acceptors (Lipinski definition) is 3. The predicted octanol–water partition coefficient (Wildman–Crippen LogP) is 3.14. The van der Waals surface area contributed by atoms with Gasteiger partial charge in [-0.15, -0.1) is 0 Å². The molecule has 2 aromatic rings. The first-order chi connectivity index (χ1) is 10.1. The lowest BCUT2D eigenvalue weighted by atomic mass is 10.1. The van der Waals surface area contributed by atoms with Crippen LogP contribution in [0.1, 0.15) is 15.9 Å². The zero-order valence-corrected chi connectivity index (χ0v) is 13.2. The number of carbonyl (C=O) groups is 1. The molecule has 5 heteroatoms. The number of phenolic OH excluding ortho intramolecular Hbond substituents is 1. The SMILES string of the molecule is COc1ccc(CCNC(=O)c2cc(Br)ccc2O)cc1. The molecule has 110 valence electrons. The molecule has 0 atom stereocenters. The molecular weight excluding hydrogens is 334 g/mol. The lowest BCUT2D eigenvalue weighted by molar-refractivity contribution is 0.0951. The summed E-state index contributed by atoms with van der Waals surface area (Å²) < 4.78 is 5.84. The van der Waals surface area contributed by atoms with E-state index in [-0.39, 0.29) is 17.2 Å². The molecule has 0 aromatic heterocycles. The third-order valence-electron chi connectivity index (χ3n) is 3.06. The van der Waals surface area contributed by atoms with Gasteiger partial charge in [0.15, 0.2) is 0 Å². The van der Waals surface area contributed by atoms with E-state index in [0.717, 1.165) is 15.8 Å². The molecule has 1 amide bonds. The highest BCUT2D eigenvalue weighted by Gasteiger charge is 2.10. The fraction of sp³-hybridized carbons (Fsp3) is 0.188. The number of phenols is 1. The first-order valence-electron chi connectivity index (χ1n) is 6.50. The van der Waals surface area contributed by atoms with Crippen molar-refractivity contribution in [2.75, 3.05) is 13.7 Å². The molecule has 4 nitrogen and oxygen atoms in total. The van der Waals surface area contributed by atoms with Crippen molar-refractivity contribution >= 4 is 21.8 Å². The van der Waals surface area contributed by atoms with Gasteiger partial charge in [0.25, 0.3) is 5.91 Å². The summed E-state index contributed by atoms with van der Waals surface area (Å²) in [4.78, 5) is 12.0. The monoisotopic (exact) mass is 349 g/mol. The van der Waals surface area contributed by atoms with Crippen LogP contribution in [-0.2, 0) is 6.42 Å². The molecule has 0 spiro atoms. The van der Waals surface area contributed by atoms with Gasteiger partial charge in [0.05, 0.1) is 12.7 Å². The Morgan fingerprint density at radius 1 is 1.24 bits per heavy atom. The van der Waals surface area contributed by atoms with Gasteiger partial charge in [-0.2, -0.15) is 0 Å². The van der Waals surface area contributed by atoms with Crippen LogP contribution in [0.2, 0.25) is 0 Å². The third kappa shape index (κ3) is 4.23. The summed E-state index contributed by atoms with van der Waals surface area (Å²) in [6.45, 7) is 0.497. The summed E-state index contributed by atoms with van der Waals surface area (Å²) in [5, 5.41) is 12.5. The van der Waals surface area contributed by atoms with E-state index < -0.39 is 0 Å². The van der Waals surface area contributed by atoms with Gasteiger partial charge < -0.3 is 15.2 Å². The molecule has 0 unspecified atom stereocenters. The van der Waals surface area contributed by atoms with E-state index >= 15 is 0 Å². The Morgan fingerprint density at radius 3 is 2.62 bits per heavy atom. The zero-order chi connectivity index (χ0) is 15.2. The second-order valence-electron chi connectivity index (χ2n) is 4.52. The van der Waals surface area contributed by atoms with Crippen molar-refractivity contribution in [1.82, 2.24) is 5.32 Å². The normalized spacial score (nSPS) is 10.2. The predicted molar refractivity (Wildman–Crippen MR) is 84.8 cm³/mol. The molecule has 2 rings (SSSR count). The molecule has 0 saturated heterocycles. The average molecular weight is 350 g/mol. The zero-order valence-electron chi connectivity index (χ0n) is 11.6. The minimum atomic E-state index is -0.290. The van der Waals surface area contributed by atoms with Gasteiger partial charge in [-0.3, -0.25) is 4.79 Å². The maximum absolute atomic E-state index is 12.0. The minimum absolute atomic E-state index is 0.0276. The van der Waals surface area contributed by atoms with E-state index in [1.54, 1.807) is 19.2 Å². The second kappa shape index (κ2) is 7.13. The molecule has 21 heavy (non-hydrogen) atoms. The molecule has 2 aromatic carbocycles. The van der Waals surface area contributed by atoms with E-state index in [1.165, 1.54) is 6.07 Å². The third-order valence-corrected chi connectivity index (χ3v) is 3.55. The van der Waals surface area contributed by atoms with Crippen molar-refractivity contribution < 1.29 is 14.6 Å². The Morgan fingerprint density at radius 2 is 1.95 bits per heavy atom. The van der Waals surface area contributed by atoms with Crippen molar-refractivity contribution in [2.45, 2.75) is 6.42 Å². The number of halogens is 1. The number of benzene rings is 2. The summed E-state index contributed by atoms with van der Waals surface area (Å²) in [6.07, 6.45) is 0.713. The van der Waals surface area contributed by atoms with E-state index in [2.05, 4.69) is 21.2 Å². The van der Waals surface area contributed by atoms with Crippen molar-refractivity contribution in [1.29, 1.82) is 0 Å². The molecule has 0 fully saturated rings. The van der Waals surface area contributed by atoms with Crippen LogP contribution in [-0.4, -0.2) is 24.7 Å². The number of hydrogen-bond donors (Lipinski definition) is 2. The number of nitrogens with one attached hydrogen (secondary N) is 1. The number of carbonyl (C=O) groups excluding carboxylic acids is 1. The standard InChI is InChI=1S/C16H16BrNO3/c1-21-13-5-2-11(3-6-13)8-9-18-16(20)14-10-12(17)4-7-15(14)19/h2-7,10,19H,8-9H2,1H3,(H,18,20). The quantitative estimate of drug-likeness (QED) is 0.871. The number of amides is 1. The van der Waals surface area contributed by atoms with Crippen LogP contribution < -0.4 is 10.1 Å². The van der Waals surface area contributed by atoms with Crippen LogP contribution >= 0.6 is 15.9 Å². The second-order valence-corrected chi connectivity index (χ2v) is 5.43. The number of ether oxygens (including phenoxy) is 1. The van der Waals surface area contributed by atoms with Crippen LogP contribution in [0.5, 0.6) is 11.5 Å². The van der Waals surface area contributed by atoms with Crippen LogP contribution in [0.3, 0.4) is 0 Å². The summed E-state index contributed by atoms with van der Waals surface area (Å²) in [7, 11) is 1.62. The summed E-state index contributed by atoms with van der Waals surface area (Å²) in [5.74, 6) is 0.490. The molecule has 0 radical (unpaired) electrons. The maximum Gasteiger partial charge on any atom is 0.255 e. The minimum Gasteiger partial charge on any atom is -0.507 e. The molecular formula is C16H16BrNO3. The molecule has 0 saturated carbocycles. The fourth-order valence-corrected chi connectivity index (χ4v) is 2.26. The first kappa shape index (κ1) is 15.4. The van der Waals surface area contributed by atoms with Gasteiger partial charge in [0.1, 0.15) is 11.5 Å². The van der Waals surface area contributed by atoms with Gasteiger partial charge in [0.2, 0.25) is 0 Å². The summed E-state index contributed by atoms with van der Waals surface area (Å²) in [5.41, 5.74) is 1.37. The van der Waals surface area contributed by atoms with Gasteiger partial charge >= 0.3 is 0 Å². The smallest absolute Gasteiger partial charge is 0.255 e. The lowest BCUT2D eigenvalue weighted by Gasteiger charge is -2.08. The Labute approximate surface area is 131 Å². The Kier molecular flexibility index (Phi) is 5.22. The topological polar surface area (TPSA) is 58.6 Å². The van der Waals surface area contributed by atoms with Gasteiger partial charge in [-0.05, 0) is 42.3 Å². The van der Waals surface area contributed by atoms with E-state index in [4.69, 9.17) is 4.74 Å². The van der Waals surface area contributed by atoms with Crippen molar-refractivity contribution in [3.05, 3.63) is 58.1 Å². The molecule has 0 bridgehead atoms. The summed E-state index contributed by atoms with van der Waals surface area (Å²) in [6, 6.07) is 12.5. The van der Waals surface area contributed by atoms with Crippen molar-refractivity contribution in [2.24, 2.45) is 0 Å². The highest BCUT2D eigenvalue weighted by molar-refractivity contribution is 9.10. The largest absolute Gasteiger partial charge is 0.507 e. The van der Waals surface area contributed by atoms with Crippen molar-refractivity contribution in [3.8, 4) is 11.5 Å². The van der Waals surface area contributed by atoms with Crippen LogP contribution in [0.15, 0.2) is 46.9 Å². The molecule has 0 aliphatic heterocycles. The highest BCUT2D eigenvalue weighted by atomic mass is 79.9. The summed E-state index contributed by atoms with van der Waals surface area (Å²) >= 11 is 3.28. The highest BCUT2D eigenvalue weighted by Crippen LogP contribution is 2.21. The Hall–Kier alpha value is -2.01. The van der Waals surface area contributed by atoms with Gasteiger partial charge in [-0.25, -0.2) is 0 Å². The number of methoxy groups -OCH3 is 1. The van der Waals surface area contributed by atoms with Gasteiger partial charge in [0, 0.05) is 11.0 Å². The van der Waals surface area contributed by atoms with Crippen molar-refractivity contribution in [3.63, 3.8) is 0 Å². The van der Waals surface area contributed by atoms with Crippen LogP contribution in [0, 0.1) is 0 Å². The first-order valence-corrected chi connectivity index (χ1v) is 7.29. The number of rotatable bonds is 5.